The van der Waals surface area contributed by atoms with E-state index in [4.69, 9.17) is 21.2 Å². The Labute approximate surface area is 235 Å². The number of carbonyl (C=O) groups is 1. The first-order chi connectivity index (χ1) is 15.5. The molecule has 1 amide bonds. The molecule has 6 nitrogen and oxygen atoms in total. The van der Waals surface area contributed by atoms with Crippen molar-refractivity contribution in [1.82, 2.24) is 4.90 Å². The van der Waals surface area contributed by atoms with Crippen LogP contribution >= 0.6 is 69.1 Å². The second kappa shape index (κ2) is 12.9. The van der Waals surface area contributed by atoms with Crippen molar-refractivity contribution in [2.24, 2.45) is 4.99 Å². The van der Waals surface area contributed by atoms with Gasteiger partial charge in [0, 0.05) is 64.9 Å². The Morgan fingerprint density at radius 3 is 2.33 bits per heavy atom. The van der Waals surface area contributed by atoms with Crippen LogP contribution in [0.5, 0.6) is 0 Å². The molecule has 0 aliphatic carbocycles. The van der Waals surface area contributed by atoms with Gasteiger partial charge in [-0.15, -0.1) is 0 Å². The van der Waals surface area contributed by atoms with E-state index in [2.05, 4.69) is 75.2 Å². The number of aliphatic imine (C=N–C) groups is 1. The van der Waals surface area contributed by atoms with E-state index in [0.717, 1.165) is 46.2 Å². The summed E-state index contributed by atoms with van der Waals surface area (Å²) in [5.74, 6) is 0. The minimum atomic E-state index is -0.463. The molecule has 4 N–H and O–H groups in total. The van der Waals surface area contributed by atoms with E-state index in [1.165, 1.54) is 5.56 Å². The Hall–Kier alpha value is -0.600. The molecule has 0 spiro atoms. The molecule has 2 aliphatic heterocycles. The maximum atomic E-state index is 12.4. The van der Waals surface area contributed by atoms with Gasteiger partial charge in [-0.1, -0.05) is 31.9 Å². The van der Waals surface area contributed by atoms with Gasteiger partial charge in [0.15, 0.2) is 0 Å². The Bertz CT molecular complexity index is 1010. The average Bonchev–Trinajstić information content (AvgIpc) is 3.38. The van der Waals surface area contributed by atoms with E-state index in [-0.39, 0.29) is 12.1 Å². The molecule has 2 heterocycles. The molecule has 2 aromatic rings. The van der Waals surface area contributed by atoms with Gasteiger partial charge in [0.1, 0.15) is 5.60 Å². The molecule has 0 unspecified atom stereocenters. The van der Waals surface area contributed by atoms with E-state index in [0.29, 0.717) is 11.4 Å². The minimum Gasteiger partial charge on any atom is -0.444 e. The van der Waals surface area contributed by atoms with Gasteiger partial charge in [-0.3, -0.25) is 9.89 Å². The molecular weight excluding hydrogens is 778 g/mol. The monoisotopic (exact) mass is 804 g/mol. The van der Waals surface area contributed by atoms with E-state index in [1.54, 1.807) is 12.1 Å². The number of halogens is 4. The number of ether oxygens (including phenoxy) is 1. The number of hydrogen-bond acceptors (Lipinski definition) is 5. The average molecular weight is 806 g/mol. The first-order valence-corrected chi connectivity index (χ1v) is 18.2. The molecule has 2 aliphatic rings. The molecule has 2 aromatic carbocycles. The van der Waals surface area contributed by atoms with Crippen LogP contribution in [0, 0.1) is 0 Å². The number of nitrogens with two attached hydrogens (primary N) is 2. The lowest BCUT2D eigenvalue weighted by Gasteiger charge is -2.28. The number of anilines is 2. The lowest BCUT2D eigenvalue weighted by Crippen LogP contribution is -2.43. The van der Waals surface area contributed by atoms with Crippen LogP contribution in [0.2, 0.25) is 0 Å². The molecule has 1 fully saturated rings. The SMILES string of the molecule is CC(C)(C)OC(=O)N1CCC[C@H]1C1=Nc2ccc(Br)cc2C1.II.Nc1ccc(Br)cc1N. The summed E-state index contributed by atoms with van der Waals surface area (Å²) in [6, 6.07) is 11.6. The molecule has 1 atom stereocenters. The third-order valence-electron chi connectivity index (χ3n) is 4.99. The highest BCUT2D eigenvalue weighted by molar-refractivity contribution is 15.0. The topological polar surface area (TPSA) is 93.9 Å². The number of nitrogen functional groups attached to an aromatic ring is 2. The number of fused-ring (bicyclic) bond motifs is 1. The summed E-state index contributed by atoms with van der Waals surface area (Å²) in [5, 5.41) is 0. The maximum absolute atomic E-state index is 12.4. The molecule has 33 heavy (non-hydrogen) atoms. The molecular formula is C23H28Br2I2N4O2. The summed E-state index contributed by atoms with van der Waals surface area (Å²) in [6.07, 6.45) is 2.56. The zero-order valence-corrected chi connectivity index (χ0v) is 26.2. The third-order valence-corrected chi connectivity index (χ3v) is 5.98. The van der Waals surface area contributed by atoms with Gasteiger partial charge < -0.3 is 16.2 Å². The fourth-order valence-electron chi connectivity index (χ4n) is 3.58. The second-order valence-corrected chi connectivity index (χ2v) is 10.5. The molecule has 0 bridgehead atoms. The van der Waals surface area contributed by atoms with Crippen LogP contribution in [-0.4, -0.2) is 34.9 Å². The number of nitrogens with zero attached hydrogens (tertiary/aromatic N) is 2. The Morgan fingerprint density at radius 1 is 1.09 bits per heavy atom. The number of likely N-dealkylation sites (tertiary alicyclic amines) is 1. The van der Waals surface area contributed by atoms with Crippen molar-refractivity contribution in [3.63, 3.8) is 0 Å². The summed E-state index contributed by atoms with van der Waals surface area (Å²) in [6.45, 7) is 6.45. The zero-order chi connectivity index (χ0) is 24.8. The molecule has 1 saturated heterocycles. The molecule has 0 aromatic heterocycles. The summed E-state index contributed by atoms with van der Waals surface area (Å²) in [7, 11) is 0. The van der Waals surface area contributed by atoms with Gasteiger partial charge in [0.25, 0.3) is 0 Å². The molecule has 180 valence electrons. The predicted octanol–water partition coefficient (Wildman–Crippen LogP) is 7.86. The highest BCUT2D eigenvalue weighted by atomic mass is 128. The van der Waals surface area contributed by atoms with Crippen molar-refractivity contribution in [3.8, 4) is 0 Å². The molecule has 0 saturated carbocycles. The first-order valence-electron chi connectivity index (χ1n) is 10.3. The Balaban J connectivity index is 0.000000293. The van der Waals surface area contributed by atoms with E-state index < -0.39 is 5.60 Å². The van der Waals surface area contributed by atoms with E-state index in [9.17, 15) is 4.79 Å². The first kappa shape index (κ1) is 28.6. The van der Waals surface area contributed by atoms with Crippen LogP contribution in [0.15, 0.2) is 50.3 Å². The highest BCUT2D eigenvalue weighted by Gasteiger charge is 2.36. The van der Waals surface area contributed by atoms with E-state index >= 15 is 0 Å². The number of rotatable bonds is 1. The van der Waals surface area contributed by atoms with Gasteiger partial charge in [-0.2, -0.15) is 0 Å². The Morgan fingerprint density at radius 2 is 1.73 bits per heavy atom. The van der Waals surface area contributed by atoms with Crippen molar-refractivity contribution >= 4 is 98.0 Å². The quantitative estimate of drug-likeness (QED) is 0.227. The summed E-state index contributed by atoms with van der Waals surface area (Å²) in [4.78, 5) is 19.0. The molecule has 0 radical (unpaired) electrons. The van der Waals surface area contributed by atoms with Crippen LogP contribution in [0.3, 0.4) is 0 Å². The zero-order valence-electron chi connectivity index (χ0n) is 18.7. The second-order valence-electron chi connectivity index (χ2n) is 8.66. The lowest BCUT2D eigenvalue weighted by molar-refractivity contribution is 0.0265. The normalized spacial score (nSPS) is 16.6. The summed E-state index contributed by atoms with van der Waals surface area (Å²) >= 11 is 11.0. The van der Waals surface area contributed by atoms with Crippen molar-refractivity contribution in [2.45, 2.75) is 51.7 Å². The van der Waals surface area contributed by atoms with Crippen LogP contribution in [0.4, 0.5) is 21.9 Å². The fraction of sp³-hybridized carbons (Fsp3) is 0.391. The van der Waals surface area contributed by atoms with Crippen molar-refractivity contribution in [2.75, 3.05) is 18.0 Å². The largest absolute Gasteiger partial charge is 0.444 e. The number of benzene rings is 2. The van der Waals surface area contributed by atoms with Gasteiger partial charge in [0.05, 0.1) is 23.1 Å². The van der Waals surface area contributed by atoms with Gasteiger partial charge in [0.2, 0.25) is 0 Å². The number of amides is 1. The van der Waals surface area contributed by atoms with Crippen molar-refractivity contribution < 1.29 is 9.53 Å². The minimum absolute atomic E-state index is 0.0704. The maximum Gasteiger partial charge on any atom is 0.410 e. The third kappa shape index (κ3) is 8.53. The van der Waals surface area contributed by atoms with Crippen LogP contribution < -0.4 is 11.5 Å². The van der Waals surface area contributed by atoms with Crippen molar-refractivity contribution in [1.29, 1.82) is 0 Å². The highest BCUT2D eigenvalue weighted by Crippen LogP contribution is 2.33. The van der Waals surface area contributed by atoms with Gasteiger partial charge >= 0.3 is 6.09 Å². The number of carbonyl (C=O) groups excluding carboxylic acids is 1. The van der Waals surface area contributed by atoms with Crippen LogP contribution in [0.25, 0.3) is 0 Å². The Kier molecular flexibility index (Phi) is 11.2. The van der Waals surface area contributed by atoms with E-state index in [1.807, 2.05) is 43.9 Å². The lowest BCUT2D eigenvalue weighted by atomic mass is 10.0. The van der Waals surface area contributed by atoms with Gasteiger partial charge in [-0.05, 0) is 75.6 Å². The standard InChI is InChI=1S/C17H21BrN2O2.C6H7BrN2.I2/c1-17(2,3)22-16(21)20-8-4-5-15(20)14-10-11-9-12(18)6-7-13(11)19-14;7-4-1-2-5(8)6(9)3-4;1-2/h6-7,9,15H,4-5,8,10H2,1-3H3;1-3H,8-9H2;/t15-;;/m0../s1. The molecule has 10 heteroatoms. The van der Waals surface area contributed by atoms with Crippen LogP contribution in [-0.2, 0) is 11.2 Å². The van der Waals surface area contributed by atoms with Crippen LogP contribution in [0.1, 0.15) is 39.2 Å². The van der Waals surface area contributed by atoms with Crippen molar-refractivity contribution in [3.05, 3.63) is 50.9 Å². The number of hydrogen-bond donors (Lipinski definition) is 2. The molecule has 4 rings (SSSR count). The fourth-order valence-corrected chi connectivity index (χ4v) is 4.37. The summed E-state index contributed by atoms with van der Waals surface area (Å²) in [5.41, 5.74) is 15.0. The van der Waals surface area contributed by atoms with Gasteiger partial charge in [-0.25, -0.2) is 4.79 Å². The summed E-state index contributed by atoms with van der Waals surface area (Å²) < 4.78 is 7.55. The smallest absolute Gasteiger partial charge is 0.410 e. The predicted molar refractivity (Wildman–Crippen MR) is 162 cm³/mol.